The summed E-state index contributed by atoms with van der Waals surface area (Å²) in [5, 5.41) is 24.3. The average Bonchev–Trinajstić information content (AvgIpc) is 2.70. The van der Waals surface area contributed by atoms with E-state index in [1.165, 1.54) is 13.0 Å². The molecule has 9 nitrogen and oxygen atoms in total. The number of aliphatic hydroxyl groups is 2. The smallest absolute Gasteiger partial charge is 0.320 e. The zero-order chi connectivity index (χ0) is 25.9. The van der Waals surface area contributed by atoms with E-state index in [0.29, 0.717) is 19.3 Å². The van der Waals surface area contributed by atoms with Crippen LogP contribution in [0.4, 0.5) is 0 Å². The number of carbonyl (C=O) groups excluding carboxylic acids is 3. The molecule has 34 heavy (non-hydrogen) atoms. The Morgan fingerprint density at radius 1 is 1.26 bits per heavy atom. The SMILES string of the molecule is C=C[C@@]1(C)CC(=O)[C@]2(O)[C@@]3(C)[C@@H](OC=O)CCC(C)(C)[C@@H]3[C@H](O)[C@H](OC(=O)CN(C)C)[C@@]2(C)O1. The number of hydrogen-bond donors (Lipinski definition) is 2. The summed E-state index contributed by atoms with van der Waals surface area (Å²) in [7, 11) is 3.41. The Morgan fingerprint density at radius 3 is 2.41 bits per heavy atom. The Bertz CT molecular complexity index is 873. The lowest BCUT2D eigenvalue weighted by Gasteiger charge is -2.71. The van der Waals surface area contributed by atoms with Crippen LogP contribution in [0, 0.1) is 16.7 Å². The number of ether oxygens (including phenoxy) is 3. The molecule has 3 aliphatic rings. The molecule has 0 aromatic carbocycles. The Labute approximate surface area is 201 Å². The Hall–Kier alpha value is -1.81. The van der Waals surface area contributed by atoms with Gasteiger partial charge in [-0.1, -0.05) is 26.8 Å². The van der Waals surface area contributed by atoms with Crippen LogP contribution in [0.15, 0.2) is 12.7 Å². The van der Waals surface area contributed by atoms with Crippen LogP contribution < -0.4 is 0 Å². The van der Waals surface area contributed by atoms with E-state index < -0.39 is 63.6 Å². The van der Waals surface area contributed by atoms with E-state index in [-0.39, 0.29) is 13.0 Å². The topological polar surface area (TPSA) is 123 Å². The molecule has 2 saturated carbocycles. The van der Waals surface area contributed by atoms with Gasteiger partial charge in [-0.05, 0) is 46.2 Å². The van der Waals surface area contributed by atoms with Gasteiger partial charge >= 0.3 is 5.97 Å². The van der Waals surface area contributed by atoms with Crippen molar-refractivity contribution < 1.29 is 38.8 Å². The van der Waals surface area contributed by atoms with Crippen molar-refractivity contribution in [3.8, 4) is 0 Å². The molecule has 0 bridgehead atoms. The molecule has 0 aromatic rings. The van der Waals surface area contributed by atoms with Crippen molar-refractivity contribution in [3.05, 3.63) is 12.7 Å². The molecule has 2 aliphatic carbocycles. The lowest BCUT2D eigenvalue weighted by molar-refractivity contribution is -0.370. The highest BCUT2D eigenvalue weighted by molar-refractivity contribution is 5.92. The fraction of sp³-hybridized carbons (Fsp3) is 0.800. The molecule has 0 spiro atoms. The van der Waals surface area contributed by atoms with Gasteiger partial charge in [-0.3, -0.25) is 19.3 Å². The number of Topliss-reactive ketones (excluding diaryl/α,β-unsaturated/α-hetero) is 1. The van der Waals surface area contributed by atoms with Crippen LogP contribution in [0.5, 0.6) is 0 Å². The van der Waals surface area contributed by atoms with E-state index in [1.807, 2.05) is 13.8 Å². The summed E-state index contributed by atoms with van der Waals surface area (Å²) in [5.41, 5.74) is -7.26. The minimum Gasteiger partial charge on any atom is -0.464 e. The van der Waals surface area contributed by atoms with Gasteiger partial charge < -0.3 is 24.4 Å². The molecule has 1 aliphatic heterocycles. The first kappa shape index (κ1) is 26.8. The van der Waals surface area contributed by atoms with Gasteiger partial charge in [0.2, 0.25) is 0 Å². The van der Waals surface area contributed by atoms with Crippen LogP contribution in [0.25, 0.3) is 0 Å². The lowest BCUT2D eigenvalue weighted by Crippen LogP contribution is -2.87. The maximum atomic E-state index is 13.9. The normalized spacial score (nSPS) is 45.6. The second-order valence-corrected chi connectivity index (χ2v) is 11.7. The third-order valence-corrected chi connectivity index (χ3v) is 8.62. The first-order valence-electron chi connectivity index (χ1n) is 11.7. The van der Waals surface area contributed by atoms with Crippen molar-refractivity contribution in [3.63, 3.8) is 0 Å². The highest BCUT2D eigenvalue weighted by atomic mass is 16.6. The first-order valence-corrected chi connectivity index (χ1v) is 11.7. The molecule has 0 unspecified atom stereocenters. The molecule has 0 amide bonds. The monoisotopic (exact) mass is 481 g/mol. The van der Waals surface area contributed by atoms with Crippen LogP contribution in [-0.4, -0.2) is 89.1 Å². The fourth-order valence-electron chi connectivity index (χ4n) is 7.17. The largest absolute Gasteiger partial charge is 0.464 e. The van der Waals surface area contributed by atoms with Gasteiger partial charge in [-0.2, -0.15) is 0 Å². The van der Waals surface area contributed by atoms with Gasteiger partial charge in [0.05, 0.1) is 18.2 Å². The molecule has 9 heteroatoms. The van der Waals surface area contributed by atoms with E-state index in [2.05, 4.69) is 6.58 Å². The van der Waals surface area contributed by atoms with Gasteiger partial charge in [0.25, 0.3) is 6.47 Å². The Balaban J connectivity index is 2.29. The number of ketones is 1. The zero-order valence-electron chi connectivity index (χ0n) is 21.3. The maximum absolute atomic E-state index is 13.9. The quantitative estimate of drug-likeness (QED) is 0.328. The van der Waals surface area contributed by atoms with Gasteiger partial charge in [-0.25, -0.2) is 0 Å². The average molecular weight is 482 g/mol. The van der Waals surface area contributed by atoms with Crippen LogP contribution >= 0.6 is 0 Å². The number of nitrogens with zero attached hydrogens (tertiary/aromatic N) is 1. The first-order chi connectivity index (χ1) is 15.5. The third kappa shape index (κ3) is 3.54. The van der Waals surface area contributed by atoms with Crippen molar-refractivity contribution >= 4 is 18.2 Å². The molecular formula is C25H39NO8. The standard InChI is InChI=1S/C25H39NO8/c1-9-22(4)12-15(28)25(31)23(5)16(32-14-27)10-11-21(2,3)19(23)18(30)20(24(25,6)34-22)33-17(29)13-26(7)8/h9,14,16,18-20,30-31H,1,10-13H2,2-8H3/t16-,18-,19-,20-,22-,23-,24+,25-/m0/s1. The molecule has 192 valence electrons. The third-order valence-electron chi connectivity index (χ3n) is 8.62. The van der Waals surface area contributed by atoms with Crippen molar-refractivity contribution in [2.24, 2.45) is 16.7 Å². The molecular weight excluding hydrogens is 442 g/mol. The fourth-order valence-corrected chi connectivity index (χ4v) is 7.17. The second kappa shape index (κ2) is 8.40. The molecule has 3 fully saturated rings. The van der Waals surface area contributed by atoms with E-state index in [4.69, 9.17) is 14.2 Å². The highest BCUT2D eigenvalue weighted by Gasteiger charge is 2.81. The summed E-state index contributed by atoms with van der Waals surface area (Å²) in [6.07, 6.45) is -1.28. The van der Waals surface area contributed by atoms with Crippen LogP contribution in [0.1, 0.15) is 53.9 Å². The molecule has 0 aromatic heterocycles. The van der Waals surface area contributed by atoms with E-state index in [0.717, 1.165) is 0 Å². The number of esters is 1. The lowest BCUT2D eigenvalue weighted by atomic mass is 9.39. The Morgan fingerprint density at radius 2 is 1.88 bits per heavy atom. The van der Waals surface area contributed by atoms with Crippen molar-refractivity contribution in [1.82, 2.24) is 4.90 Å². The number of likely N-dealkylation sites (N-methyl/N-ethyl adjacent to an activating group) is 1. The number of hydrogen-bond acceptors (Lipinski definition) is 9. The molecule has 1 heterocycles. The molecule has 3 rings (SSSR count). The van der Waals surface area contributed by atoms with E-state index >= 15 is 0 Å². The van der Waals surface area contributed by atoms with Gasteiger partial charge in [0.15, 0.2) is 17.5 Å². The molecule has 8 atom stereocenters. The molecule has 1 saturated heterocycles. The second-order valence-electron chi connectivity index (χ2n) is 11.7. The minimum atomic E-state index is -2.24. The van der Waals surface area contributed by atoms with Crippen LogP contribution in [0.2, 0.25) is 0 Å². The maximum Gasteiger partial charge on any atom is 0.320 e. The number of carbonyl (C=O) groups is 3. The van der Waals surface area contributed by atoms with Crippen LogP contribution in [-0.2, 0) is 28.6 Å². The molecule has 0 radical (unpaired) electrons. The van der Waals surface area contributed by atoms with Crippen molar-refractivity contribution in [1.29, 1.82) is 0 Å². The number of rotatable bonds is 6. The summed E-state index contributed by atoms with van der Waals surface area (Å²) in [6, 6.07) is 0. The summed E-state index contributed by atoms with van der Waals surface area (Å²) >= 11 is 0. The zero-order valence-corrected chi connectivity index (χ0v) is 21.3. The van der Waals surface area contributed by atoms with Gasteiger partial charge in [-0.15, -0.1) is 6.58 Å². The predicted octanol–water partition coefficient (Wildman–Crippen LogP) is 1.24. The van der Waals surface area contributed by atoms with Crippen molar-refractivity contribution in [2.45, 2.75) is 89.0 Å². The highest BCUT2D eigenvalue weighted by Crippen LogP contribution is 2.67. The Kier molecular flexibility index (Phi) is 6.61. The van der Waals surface area contributed by atoms with Gasteiger partial charge in [0.1, 0.15) is 11.7 Å². The summed E-state index contributed by atoms with van der Waals surface area (Å²) in [6.45, 7) is 12.7. The van der Waals surface area contributed by atoms with Crippen molar-refractivity contribution in [2.75, 3.05) is 20.6 Å². The van der Waals surface area contributed by atoms with E-state index in [9.17, 15) is 24.6 Å². The minimum absolute atomic E-state index is 0.0629. The predicted molar refractivity (Wildman–Crippen MR) is 123 cm³/mol. The summed E-state index contributed by atoms with van der Waals surface area (Å²) in [5.74, 6) is -1.92. The van der Waals surface area contributed by atoms with E-state index in [1.54, 1.807) is 32.8 Å². The summed E-state index contributed by atoms with van der Waals surface area (Å²) in [4.78, 5) is 39.8. The molecule has 2 N–H and O–H groups in total. The number of fused-ring (bicyclic) bond motifs is 3. The van der Waals surface area contributed by atoms with Crippen LogP contribution in [0.3, 0.4) is 0 Å². The van der Waals surface area contributed by atoms with Gasteiger partial charge in [0, 0.05) is 17.8 Å². The summed E-state index contributed by atoms with van der Waals surface area (Å²) < 4.78 is 17.7. The number of aliphatic hydroxyl groups excluding tert-OH is 1.